The van der Waals surface area contributed by atoms with Crippen LogP contribution in [0.15, 0.2) is 36.8 Å². The molecule has 7 heteroatoms. The van der Waals surface area contributed by atoms with Crippen LogP contribution in [0.2, 0.25) is 0 Å². The van der Waals surface area contributed by atoms with Gasteiger partial charge < -0.3 is 14.6 Å². The number of benzene rings is 1. The smallest absolute Gasteiger partial charge is 0.304 e. The Morgan fingerprint density at radius 1 is 1.19 bits per heavy atom. The second-order valence-corrected chi connectivity index (χ2v) is 8.10. The topological polar surface area (TPSA) is 94.4 Å². The van der Waals surface area contributed by atoms with Crippen LogP contribution in [0.1, 0.15) is 52.9 Å². The molecule has 7 nitrogen and oxygen atoms in total. The normalized spacial score (nSPS) is 18.9. The molecule has 0 spiro atoms. The van der Waals surface area contributed by atoms with Crippen molar-refractivity contribution in [2.45, 2.75) is 45.1 Å². The Balaban J connectivity index is 1.42. The summed E-state index contributed by atoms with van der Waals surface area (Å²) < 4.78 is 11.9. The lowest BCUT2D eigenvalue weighted by Gasteiger charge is -2.16. The zero-order valence-corrected chi connectivity index (χ0v) is 17.5. The van der Waals surface area contributed by atoms with E-state index in [2.05, 4.69) is 33.2 Å². The highest BCUT2D eigenvalue weighted by molar-refractivity contribution is 5.73. The van der Waals surface area contributed by atoms with Gasteiger partial charge in [0.1, 0.15) is 18.2 Å². The molecule has 0 fully saturated rings. The number of hydrogen-bond acceptors (Lipinski definition) is 6. The molecule has 0 amide bonds. The molecular formula is C24H23N3O4. The van der Waals surface area contributed by atoms with Gasteiger partial charge in [-0.15, -0.1) is 0 Å². The van der Waals surface area contributed by atoms with E-state index in [1.807, 2.05) is 13.8 Å². The third kappa shape index (κ3) is 3.50. The van der Waals surface area contributed by atoms with Crippen molar-refractivity contribution in [3.05, 3.63) is 64.9 Å². The van der Waals surface area contributed by atoms with Crippen LogP contribution >= 0.6 is 0 Å². The van der Waals surface area contributed by atoms with E-state index in [0.29, 0.717) is 18.2 Å². The first-order chi connectivity index (χ1) is 15.0. The van der Waals surface area contributed by atoms with Gasteiger partial charge >= 0.3 is 5.97 Å². The van der Waals surface area contributed by atoms with Crippen LogP contribution in [-0.2, 0) is 11.2 Å². The fourth-order valence-corrected chi connectivity index (χ4v) is 4.69. The molecule has 2 atom stereocenters. The lowest BCUT2D eigenvalue weighted by atomic mass is 9.95. The summed E-state index contributed by atoms with van der Waals surface area (Å²) in [5.74, 6) is 0.155. The molecule has 3 heterocycles. The molecule has 0 saturated heterocycles. The molecule has 3 aromatic rings. The van der Waals surface area contributed by atoms with Gasteiger partial charge in [0.15, 0.2) is 0 Å². The second-order valence-electron chi connectivity index (χ2n) is 8.10. The Hall–Kier alpha value is -3.48. The van der Waals surface area contributed by atoms with Crippen molar-refractivity contribution in [1.82, 2.24) is 15.0 Å². The number of carbonyl (C=O) groups is 1. The van der Waals surface area contributed by atoms with Crippen LogP contribution < -0.4 is 9.47 Å². The molecule has 1 N–H and O–H groups in total. The molecule has 0 radical (unpaired) electrons. The first-order valence-corrected chi connectivity index (χ1v) is 10.4. The quantitative estimate of drug-likeness (QED) is 0.666. The molecule has 2 aromatic heterocycles. The molecule has 2 aliphatic rings. The van der Waals surface area contributed by atoms with Gasteiger partial charge in [0.25, 0.3) is 0 Å². The zero-order valence-electron chi connectivity index (χ0n) is 17.5. The summed E-state index contributed by atoms with van der Waals surface area (Å²) >= 11 is 0. The van der Waals surface area contributed by atoms with Crippen LogP contribution in [0.5, 0.6) is 11.6 Å². The van der Waals surface area contributed by atoms with E-state index in [1.165, 1.54) is 11.1 Å². The number of ether oxygens (including phenoxy) is 2. The van der Waals surface area contributed by atoms with E-state index < -0.39 is 5.97 Å². The number of nitrogens with zero attached hydrogens (tertiary/aromatic N) is 3. The predicted octanol–water partition coefficient (Wildman–Crippen LogP) is 4.17. The lowest BCUT2D eigenvalue weighted by Crippen LogP contribution is -2.07. The Morgan fingerprint density at radius 3 is 2.77 bits per heavy atom. The lowest BCUT2D eigenvalue weighted by molar-refractivity contribution is -0.137. The highest BCUT2D eigenvalue weighted by atomic mass is 16.5. The standard InChI is InChI=1S/C24H23N3O4/c1-13-24(14(2)27-12-26-13)18-5-3-4-17-16(18)6-7-20(17)31-22-9-21-19(10-25-22)15(11-30-21)8-23(28)29/h3-5,9-10,12,15,20H,6-8,11H2,1-2H3,(H,28,29)/t15-,20?/m1/s1. The maximum atomic E-state index is 11.0. The summed E-state index contributed by atoms with van der Waals surface area (Å²) in [6, 6.07) is 8.07. The highest BCUT2D eigenvalue weighted by Crippen LogP contribution is 2.42. The van der Waals surface area contributed by atoms with E-state index in [1.54, 1.807) is 18.6 Å². The Kier molecular flexibility index (Phi) is 4.81. The number of aryl methyl sites for hydroxylation is 2. The summed E-state index contributed by atoms with van der Waals surface area (Å²) in [5, 5.41) is 9.07. The molecule has 1 unspecified atom stereocenters. The number of fused-ring (bicyclic) bond motifs is 2. The summed E-state index contributed by atoms with van der Waals surface area (Å²) in [6.45, 7) is 4.39. The molecule has 0 saturated carbocycles. The third-order valence-electron chi connectivity index (χ3n) is 6.15. The van der Waals surface area contributed by atoms with E-state index in [9.17, 15) is 4.79 Å². The van der Waals surface area contributed by atoms with Gasteiger partial charge in [-0.05, 0) is 43.4 Å². The monoisotopic (exact) mass is 417 g/mol. The van der Waals surface area contributed by atoms with Gasteiger partial charge in [-0.2, -0.15) is 0 Å². The van der Waals surface area contributed by atoms with Gasteiger partial charge in [0.05, 0.1) is 13.0 Å². The van der Waals surface area contributed by atoms with E-state index in [4.69, 9.17) is 14.6 Å². The van der Waals surface area contributed by atoms with Crippen molar-refractivity contribution in [3.63, 3.8) is 0 Å². The van der Waals surface area contributed by atoms with Crippen LogP contribution in [0, 0.1) is 13.8 Å². The van der Waals surface area contributed by atoms with Gasteiger partial charge in [-0.25, -0.2) is 15.0 Å². The van der Waals surface area contributed by atoms with Gasteiger partial charge in [0.2, 0.25) is 5.88 Å². The average Bonchev–Trinajstić information content (AvgIpc) is 3.32. The second kappa shape index (κ2) is 7.65. The minimum atomic E-state index is -0.838. The summed E-state index contributed by atoms with van der Waals surface area (Å²) in [6.07, 6.45) is 5.00. The highest BCUT2D eigenvalue weighted by Gasteiger charge is 2.30. The number of pyridine rings is 1. The number of carboxylic acids is 1. The van der Waals surface area contributed by atoms with Crippen molar-refractivity contribution in [1.29, 1.82) is 0 Å². The number of hydrogen-bond donors (Lipinski definition) is 1. The Labute approximate surface area is 180 Å². The first-order valence-electron chi connectivity index (χ1n) is 10.4. The van der Waals surface area contributed by atoms with E-state index >= 15 is 0 Å². The minimum Gasteiger partial charge on any atom is -0.492 e. The average molecular weight is 417 g/mol. The first kappa shape index (κ1) is 19.5. The fraction of sp³-hybridized carbons (Fsp3) is 0.333. The van der Waals surface area contributed by atoms with Crippen LogP contribution in [0.3, 0.4) is 0 Å². The fourth-order valence-electron chi connectivity index (χ4n) is 4.69. The summed E-state index contributed by atoms with van der Waals surface area (Å²) in [4.78, 5) is 24.2. The SMILES string of the molecule is Cc1ncnc(C)c1-c1cccc2c1CCC2Oc1cc2c(cn1)[C@H](CC(=O)O)CO2. The van der Waals surface area contributed by atoms with E-state index in [-0.39, 0.29) is 18.4 Å². The largest absolute Gasteiger partial charge is 0.492 e. The number of aliphatic carboxylic acids is 1. The maximum Gasteiger partial charge on any atom is 0.304 e. The van der Waals surface area contributed by atoms with Gasteiger partial charge in [-0.1, -0.05) is 18.2 Å². The van der Waals surface area contributed by atoms with Crippen molar-refractivity contribution < 1.29 is 19.4 Å². The molecule has 1 aromatic carbocycles. The Morgan fingerprint density at radius 2 is 2.00 bits per heavy atom. The Bertz CT molecular complexity index is 1160. The van der Waals surface area contributed by atoms with Crippen molar-refractivity contribution in [2.75, 3.05) is 6.61 Å². The number of aromatic nitrogens is 3. The molecule has 5 rings (SSSR count). The number of rotatable bonds is 5. The minimum absolute atomic E-state index is 0.0374. The summed E-state index contributed by atoms with van der Waals surface area (Å²) in [7, 11) is 0. The molecular weight excluding hydrogens is 394 g/mol. The molecule has 1 aliphatic heterocycles. The van der Waals surface area contributed by atoms with E-state index in [0.717, 1.165) is 40.9 Å². The van der Waals surface area contributed by atoms with Crippen molar-refractivity contribution >= 4 is 5.97 Å². The molecule has 0 bridgehead atoms. The van der Waals surface area contributed by atoms with Crippen molar-refractivity contribution in [3.8, 4) is 22.8 Å². The maximum absolute atomic E-state index is 11.0. The third-order valence-corrected chi connectivity index (χ3v) is 6.15. The summed E-state index contributed by atoms with van der Waals surface area (Å²) in [5.41, 5.74) is 7.46. The predicted molar refractivity (Wildman–Crippen MR) is 113 cm³/mol. The van der Waals surface area contributed by atoms with Gasteiger partial charge in [-0.3, -0.25) is 4.79 Å². The molecule has 31 heavy (non-hydrogen) atoms. The van der Waals surface area contributed by atoms with Crippen LogP contribution in [-0.4, -0.2) is 32.6 Å². The van der Waals surface area contributed by atoms with Crippen LogP contribution in [0.25, 0.3) is 11.1 Å². The van der Waals surface area contributed by atoms with Gasteiger partial charge in [0, 0.05) is 40.7 Å². The van der Waals surface area contributed by atoms with Crippen LogP contribution in [0.4, 0.5) is 0 Å². The number of carboxylic acid groups (broad SMARTS) is 1. The molecule has 158 valence electrons. The van der Waals surface area contributed by atoms with Crippen molar-refractivity contribution in [2.24, 2.45) is 0 Å². The molecule has 1 aliphatic carbocycles. The zero-order chi connectivity index (χ0) is 21.5.